The van der Waals surface area contributed by atoms with Crippen molar-refractivity contribution in [3.8, 4) is 11.3 Å². The van der Waals surface area contributed by atoms with E-state index in [2.05, 4.69) is 50.6 Å². The number of hydrogen-bond acceptors (Lipinski definition) is 4. The van der Waals surface area contributed by atoms with E-state index < -0.39 is 0 Å². The van der Waals surface area contributed by atoms with Crippen molar-refractivity contribution in [1.29, 1.82) is 0 Å². The fraction of sp³-hybridized carbons (Fsp3) is 0.0870. The fourth-order valence-electron chi connectivity index (χ4n) is 2.87. The third-order valence-electron chi connectivity index (χ3n) is 4.41. The van der Waals surface area contributed by atoms with Crippen molar-refractivity contribution in [1.82, 2.24) is 9.66 Å². The SMILES string of the molecule is CC(=Nn1c(-c2ccc(Br)cc2)csc1=NCc1ccccc1)c1ccncc1. The molecular weight excluding hydrogens is 444 g/mol. The Labute approximate surface area is 182 Å². The summed E-state index contributed by atoms with van der Waals surface area (Å²) in [6.07, 6.45) is 3.56. The third-order valence-corrected chi connectivity index (χ3v) is 5.80. The summed E-state index contributed by atoms with van der Waals surface area (Å²) in [7, 11) is 0. The molecule has 0 aliphatic carbocycles. The number of thiazole rings is 1. The van der Waals surface area contributed by atoms with Gasteiger partial charge in [0, 0.05) is 33.4 Å². The molecule has 0 aliphatic rings. The molecule has 2 heterocycles. The van der Waals surface area contributed by atoms with E-state index in [9.17, 15) is 0 Å². The second-order valence-corrected chi connectivity index (χ2v) is 8.20. The van der Waals surface area contributed by atoms with Crippen LogP contribution in [0.2, 0.25) is 0 Å². The first kappa shape index (κ1) is 19.5. The van der Waals surface area contributed by atoms with Crippen LogP contribution >= 0.6 is 27.3 Å². The molecule has 4 nitrogen and oxygen atoms in total. The second kappa shape index (κ2) is 9.11. The Bertz CT molecular complexity index is 1180. The molecule has 0 radical (unpaired) electrons. The highest BCUT2D eigenvalue weighted by Crippen LogP contribution is 2.23. The van der Waals surface area contributed by atoms with Gasteiger partial charge in [-0.05, 0) is 36.8 Å². The molecule has 0 amide bonds. The van der Waals surface area contributed by atoms with E-state index in [4.69, 9.17) is 10.1 Å². The number of rotatable bonds is 5. The maximum Gasteiger partial charge on any atom is 0.206 e. The van der Waals surface area contributed by atoms with E-state index in [-0.39, 0.29) is 0 Å². The Balaban J connectivity index is 1.80. The van der Waals surface area contributed by atoms with Crippen LogP contribution in [0.4, 0.5) is 0 Å². The second-order valence-electron chi connectivity index (χ2n) is 6.45. The van der Waals surface area contributed by atoms with Crippen LogP contribution in [0.3, 0.4) is 0 Å². The van der Waals surface area contributed by atoms with Crippen LogP contribution in [0, 0.1) is 0 Å². The van der Waals surface area contributed by atoms with Gasteiger partial charge in [0.2, 0.25) is 4.80 Å². The molecule has 29 heavy (non-hydrogen) atoms. The average molecular weight is 463 g/mol. The van der Waals surface area contributed by atoms with Crippen LogP contribution in [0.25, 0.3) is 11.3 Å². The van der Waals surface area contributed by atoms with Crippen molar-refractivity contribution in [2.45, 2.75) is 13.5 Å². The van der Waals surface area contributed by atoms with Gasteiger partial charge in [-0.15, -0.1) is 11.3 Å². The monoisotopic (exact) mass is 462 g/mol. The summed E-state index contributed by atoms with van der Waals surface area (Å²) in [4.78, 5) is 9.80. The van der Waals surface area contributed by atoms with Gasteiger partial charge in [-0.3, -0.25) is 9.98 Å². The van der Waals surface area contributed by atoms with Gasteiger partial charge in [-0.1, -0.05) is 58.4 Å². The fourth-order valence-corrected chi connectivity index (χ4v) is 3.96. The van der Waals surface area contributed by atoms with Crippen LogP contribution in [-0.4, -0.2) is 15.4 Å². The largest absolute Gasteiger partial charge is 0.265 e. The highest BCUT2D eigenvalue weighted by Gasteiger charge is 2.09. The van der Waals surface area contributed by atoms with Crippen LogP contribution in [0.15, 0.2) is 99.1 Å². The van der Waals surface area contributed by atoms with Crippen LogP contribution in [-0.2, 0) is 6.54 Å². The van der Waals surface area contributed by atoms with Gasteiger partial charge in [0.1, 0.15) is 0 Å². The van der Waals surface area contributed by atoms with E-state index in [0.717, 1.165) is 31.8 Å². The first-order chi connectivity index (χ1) is 14.2. The van der Waals surface area contributed by atoms with Crippen LogP contribution < -0.4 is 4.80 Å². The maximum atomic E-state index is 4.91. The van der Waals surface area contributed by atoms with Crippen molar-refractivity contribution in [3.05, 3.63) is 105 Å². The summed E-state index contributed by atoms with van der Waals surface area (Å²) >= 11 is 5.10. The van der Waals surface area contributed by atoms with E-state index in [1.807, 2.05) is 54.1 Å². The Hall–Kier alpha value is -2.83. The Morgan fingerprint density at radius 3 is 2.45 bits per heavy atom. The molecule has 144 valence electrons. The lowest BCUT2D eigenvalue weighted by molar-refractivity contribution is 0.819. The predicted octanol–water partition coefficient (Wildman–Crippen LogP) is 5.75. The number of nitrogens with zero attached hydrogens (tertiary/aromatic N) is 4. The molecule has 0 saturated carbocycles. The lowest BCUT2D eigenvalue weighted by Crippen LogP contribution is -2.14. The molecule has 0 N–H and O–H groups in total. The van der Waals surface area contributed by atoms with Gasteiger partial charge < -0.3 is 0 Å². The highest BCUT2D eigenvalue weighted by molar-refractivity contribution is 9.10. The van der Waals surface area contributed by atoms with Crippen molar-refractivity contribution in [2.24, 2.45) is 10.1 Å². The lowest BCUT2D eigenvalue weighted by atomic mass is 10.2. The number of benzene rings is 2. The minimum absolute atomic E-state index is 0.616. The summed E-state index contributed by atoms with van der Waals surface area (Å²) in [5, 5.41) is 7.02. The average Bonchev–Trinajstić information content (AvgIpc) is 3.16. The molecule has 4 aromatic rings. The van der Waals surface area contributed by atoms with Crippen molar-refractivity contribution in [2.75, 3.05) is 0 Å². The Morgan fingerprint density at radius 1 is 1.00 bits per heavy atom. The smallest absolute Gasteiger partial charge is 0.206 e. The molecule has 0 bridgehead atoms. The molecule has 0 aliphatic heterocycles. The zero-order valence-corrected chi connectivity index (χ0v) is 18.3. The van der Waals surface area contributed by atoms with Gasteiger partial charge in [0.25, 0.3) is 0 Å². The molecule has 2 aromatic heterocycles. The molecule has 2 aromatic carbocycles. The lowest BCUT2D eigenvalue weighted by Gasteiger charge is -2.06. The van der Waals surface area contributed by atoms with Crippen LogP contribution in [0.5, 0.6) is 0 Å². The van der Waals surface area contributed by atoms with E-state index >= 15 is 0 Å². The minimum Gasteiger partial charge on any atom is -0.265 e. The predicted molar refractivity (Wildman–Crippen MR) is 123 cm³/mol. The number of aromatic nitrogens is 2. The molecule has 0 spiro atoms. The highest BCUT2D eigenvalue weighted by atomic mass is 79.9. The third kappa shape index (κ3) is 4.78. The molecular formula is C23H19BrN4S. The summed E-state index contributed by atoms with van der Waals surface area (Å²) in [6.45, 7) is 2.62. The Kier molecular flexibility index (Phi) is 6.12. The summed E-state index contributed by atoms with van der Waals surface area (Å²) < 4.78 is 2.99. The van der Waals surface area contributed by atoms with E-state index in [1.165, 1.54) is 5.56 Å². The molecule has 0 saturated heterocycles. The molecule has 0 atom stereocenters. The summed E-state index contributed by atoms with van der Waals surface area (Å²) in [6, 6.07) is 22.4. The van der Waals surface area contributed by atoms with Gasteiger partial charge in [0.15, 0.2) is 0 Å². The molecule has 4 rings (SSSR count). The molecule has 0 unspecified atom stereocenters. The van der Waals surface area contributed by atoms with E-state index in [0.29, 0.717) is 6.54 Å². The number of halogens is 1. The summed E-state index contributed by atoms with van der Waals surface area (Å²) in [5.41, 5.74) is 5.23. The number of pyridine rings is 1. The van der Waals surface area contributed by atoms with Gasteiger partial charge >= 0.3 is 0 Å². The topological polar surface area (TPSA) is 42.5 Å². The van der Waals surface area contributed by atoms with Crippen LogP contribution in [0.1, 0.15) is 18.1 Å². The zero-order chi connectivity index (χ0) is 20.1. The molecule has 0 fully saturated rings. The van der Waals surface area contributed by atoms with Crippen molar-refractivity contribution in [3.63, 3.8) is 0 Å². The van der Waals surface area contributed by atoms with E-state index in [1.54, 1.807) is 23.7 Å². The summed E-state index contributed by atoms with van der Waals surface area (Å²) in [5.74, 6) is 0. The van der Waals surface area contributed by atoms with Gasteiger partial charge in [0.05, 0.1) is 18.0 Å². The Morgan fingerprint density at radius 2 is 1.72 bits per heavy atom. The quantitative estimate of drug-likeness (QED) is 0.348. The van der Waals surface area contributed by atoms with Gasteiger partial charge in [-0.25, -0.2) is 4.68 Å². The standard InChI is InChI=1S/C23H19BrN4S/c1-17(19-11-13-25-14-12-19)27-28-22(20-7-9-21(24)10-8-20)16-29-23(28)26-15-18-5-3-2-4-6-18/h2-14,16H,15H2,1H3. The van der Waals surface area contributed by atoms with Crippen molar-refractivity contribution < 1.29 is 0 Å². The molecule has 6 heteroatoms. The van der Waals surface area contributed by atoms with Crippen molar-refractivity contribution >= 4 is 33.0 Å². The first-order valence-electron chi connectivity index (χ1n) is 9.17. The minimum atomic E-state index is 0.616. The normalized spacial score (nSPS) is 12.3. The number of hydrogen-bond donors (Lipinski definition) is 0. The zero-order valence-electron chi connectivity index (χ0n) is 15.9. The van der Waals surface area contributed by atoms with Gasteiger partial charge in [-0.2, -0.15) is 5.10 Å². The first-order valence-corrected chi connectivity index (χ1v) is 10.8. The maximum absolute atomic E-state index is 4.91.